The van der Waals surface area contributed by atoms with Crippen molar-refractivity contribution in [3.63, 3.8) is 0 Å². The first-order chi connectivity index (χ1) is 11.2. The van der Waals surface area contributed by atoms with Gasteiger partial charge in [-0.2, -0.15) is 5.10 Å². The van der Waals surface area contributed by atoms with Crippen LogP contribution in [0, 0.1) is 0 Å². The first-order valence-corrected chi connectivity index (χ1v) is 7.88. The number of benzene rings is 2. The number of hydrogen-bond donors (Lipinski definition) is 0. The number of nitrogens with zero attached hydrogens (tertiary/aromatic N) is 3. The van der Waals surface area contributed by atoms with Crippen molar-refractivity contribution in [3.05, 3.63) is 52.8 Å². The molecule has 0 atom stereocenters. The minimum Gasteiger partial charge on any atom is -0.497 e. The third-order valence-corrected chi connectivity index (χ3v) is 4.59. The van der Waals surface area contributed by atoms with Crippen molar-refractivity contribution >= 4 is 27.8 Å². The van der Waals surface area contributed by atoms with Gasteiger partial charge in [0.15, 0.2) is 0 Å². The van der Waals surface area contributed by atoms with Gasteiger partial charge in [0.2, 0.25) is 4.80 Å². The number of aromatic nitrogens is 1. The largest absolute Gasteiger partial charge is 0.497 e. The van der Waals surface area contributed by atoms with Crippen LogP contribution in [0.2, 0.25) is 0 Å². The molecule has 0 aliphatic rings. The summed E-state index contributed by atoms with van der Waals surface area (Å²) >= 11 is 1.60. The smallest absolute Gasteiger partial charge is 0.211 e. The van der Waals surface area contributed by atoms with Gasteiger partial charge in [-0.3, -0.25) is 0 Å². The summed E-state index contributed by atoms with van der Waals surface area (Å²) in [4.78, 5) is 0.837. The van der Waals surface area contributed by atoms with Gasteiger partial charge < -0.3 is 14.0 Å². The third-order valence-electron chi connectivity index (χ3n) is 3.49. The Bertz CT molecular complexity index is 925. The monoisotopic (exact) mass is 327 g/mol. The molecular formula is C17H17N3O2S. The molecule has 3 rings (SSSR count). The van der Waals surface area contributed by atoms with Gasteiger partial charge in [0, 0.05) is 12.6 Å². The summed E-state index contributed by atoms with van der Waals surface area (Å²) in [6.07, 6.45) is 1.67. The molecule has 0 fully saturated rings. The summed E-state index contributed by atoms with van der Waals surface area (Å²) in [7, 11) is 5.24. The van der Waals surface area contributed by atoms with Gasteiger partial charge in [-0.25, -0.2) is 0 Å². The number of para-hydroxylation sites is 1. The van der Waals surface area contributed by atoms with Gasteiger partial charge in [-0.05, 0) is 30.3 Å². The van der Waals surface area contributed by atoms with Crippen LogP contribution >= 0.6 is 11.3 Å². The maximum Gasteiger partial charge on any atom is 0.211 e. The van der Waals surface area contributed by atoms with E-state index < -0.39 is 0 Å². The van der Waals surface area contributed by atoms with E-state index in [9.17, 15) is 0 Å². The molecule has 0 aliphatic carbocycles. The van der Waals surface area contributed by atoms with Gasteiger partial charge in [0.1, 0.15) is 11.5 Å². The Morgan fingerprint density at radius 1 is 1.09 bits per heavy atom. The SMILES string of the molecule is COc1ccc(OC)c(C=NN=c2sc3ccccc3n2C)c1. The molecule has 0 N–H and O–H groups in total. The molecule has 0 bridgehead atoms. The van der Waals surface area contributed by atoms with E-state index in [-0.39, 0.29) is 0 Å². The molecule has 0 unspecified atom stereocenters. The van der Waals surface area contributed by atoms with E-state index >= 15 is 0 Å². The maximum absolute atomic E-state index is 5.33. The van der Waals surface area contributed by atoms with Crippen LogP contribution in [-0.4, -0.2) is 25.0 Å². The second kappa shape index (κ2) is 6.66. The van der Waals surface area contributed by atoms with E-state index in [1.54, 1.807) is 31.8 Å². The van der Waals surface area contributed by atoms with Crippen molar-refractivity contribution in [2.45, 2.75) is 0 Å². The van der Waals surface area contributed by atoms with Crippen LogP contribution in [0.1, 0.15) is 5.56 Å². The fourth-order valence-electron chi connectivity index (χ4n) is 2.26. The standard InChI is InChI=1S/C17H17N3O2S/c1-20-14-6-4-5-7-16(14)23-17(20)19-18-11-12-10-13(21-2)8-9-15(12)22-3/h4-11H,1-3H3. The lowest BCUT2D eigenvalue weighted by molar-refractivity contribution is 0.402. The van der Waals surface area contributed by atoms with Crippen molar-refractivity contribution in [2.75, 3.05) is 14.2 Å². The Hall–Kier alpha value is -2.60. The molecule has 0 saturated carbocycles. The molecule has 23 heavy (non-hydrogen) atoms. The first-order valence-electron chi connectivity index (χ1n) is 7.06. The topological polar surface area (TPSA) is 48.1 Å². The molecule has 5 nitrogen and oxygen atoms in total. The zero-order valence-electron chi connectivity index (χ0n) is 13.2. The highest BCUT2D eigenvalue weighted by Crippen LogP contribution is 2.22. The van der Waals surface area contributed by atoms with E-state index in [0.29, 0.717) is 0 Å². The fourth-order valence-corrected chi connectivity index (χ4v) is 3.23. The van der Waals surface area contributed by atoms with Crippen LogP contribution in [-0.2, 0) is 7.05 Å². The molecule has 0 aliphatic heterocycles. The lowest BCUT2D eigenvalue weighted by Crippen LogP contribution is -2.08. The van der Waals surface area contributed by atoms with Gasteiger partial charge >= 0.3 is 0 Å². The Balaban J connectivity index is 1.98. The zero-order valence-corrected chi connectivity index (χ0v) is 14.0. The van der Waals surface area contributed by atoms with Gasteiger partial charge in [0.05, 0.1) is 30.7 Å². The predicted octanol–water partition coefficient (Wildman–Crippen LogP) is 3.19. The summed E-state index contributed by atoms with van der Waals surface area (Å²) in [5, 5.41) is 8.53. The number of thiazole rings is 1. The summed E-state index contributed by atoms with van der Waals surface area (Å²) in [5.74, 6) is 1.48. The van der Waals surface area contributed by atoms with Crippen molar-refractivity contribution in [1.82, 2.24) is 4.57 Å². The molecule has 0 saturated heterocycles. The predicted molar refractivity (Wildman–Crippen MR) is 93.5 cm³/mol. The minimum absolute atomic E-state index is 0.727. The number of ether oxygens (including phenoxy) is 2. The van der Waals surface area contributed by atoms with E-state index in [2.05, 4.69) is 22.3 Å². The van der Waals surface area contributed by atoms with E-state index in [1.165, 1.54) is 4.70 Å². The van der Waals surface area contributed by atoms with E-state index in [1.807, 2.05) is 41.9 Å². The van der Waals surface area contributed by atoms with Crippen LogP contribution in [0.5, 0.6) is 11.5 Å². The van der Waals surface area contributed by atoms with Crippen molar-refractivity contribution in [2.24, 2.45) is 17.3 Å². The van der Waals surface area contributed by atoms with Crippen LogP contribution in [0.3, 0.4) is 0 Å². The highest BCUT2D eigenvalue weighted by molar-refractivity contribution is 7.16. The van der Waals surface area contributed by atoms with E-state index in [4.69, 9.17) is 9.47 Å². The average Bonchev–Trinajstić information content (AvgIpc) is 2.91. The lowest BCUT2D eigenvalue weighted by Gasteiger charge is -2.05. The van der Waals surface area contributed by atoms with Crippen LogP contribution < -0.4 is 14.3 Å². The average molecular weight is 327 g/mol. The van der Waals surface area contributed by atoms with Crippen LogP contribution in [0.25, 0.3) is 10.2 Å². The molecule has 3 aromatic rings. The normalized spacial score (nSPS) is 12.2. The zero-order chi connectivity index (χ0) is 16.2. The van der Waals surface area contributed by atoms with Gasteiger partial charge in [-0.1, -0.05) is 23.5 Å². The highest BCUT2D eigenvalue weighted by atomic mass is 32.1. The number of rotatable bonds is 4. The Labute approximate surface area is 138 Å². The van der Waals surface area contributed by atoms with Crippen LogP contribution in [0.15, 0.2) is 52.7 Å². The van der Waals surface area contributed by atoms with Crippen molar-refractivity contribution < 1.29 is 9.47 Å². The number of hydrogen-bond acceptors (Lipinski definition) is 5. The molecule has 1 heterocycles. The summed E-state index contributed by atoms with van der Waals surface area (Å²) in [6, 6.07) is 13.7. The first kappa shape index (κ1) is 15.3. The van der Waals surface area contributed by atoms with Gasteiger partial charge in [-0.15, -0.1) is 5.10 Å². The molecular weight excluding hydrogens is 310 g/mol. The van der Waals surface area contributed by atoms with Crippen molar-refractivity contribution in [3.8, 4) is 11.5 Å². The Kier molecular flexibility index (Phi) is 4.43. The minimum atomic E-state index is 0.727. The number of methoxy groups -OCH3 is 2. The Morgan fingerprint density at radius 2 is 1.91 bits per heavy atom. The number of fused-ring (bicyclic) bond motifs is 1. The molecule has 118 valence electrons. The lowest BCUT2D eigenvalue weighted by atomic mass is 10.2. The maximum atomic E-state index is 5.33. The molecule has 0 spiro atoms. The summed E-state index contributed by atoms with van der Waals surface area (Å²) in [6.45, 7) is 0. The molecule has 6 heteroatoms. The third kappa shape index (κ3) is 3.12. The van der Waals surface area contributed by atoms with Crippen LogP contribution in [0.4, 0.5) is 0 Å². The second-order valence-corrected chi connectivity index (χ2v) is 5.87. The van der Waals surface area contributed by atoms with Gasteiger partial charge in [0.25, 0.3) is 0 Å². The fraction of sp³-hybridized carbons (Fsp3) is 0.176. The quantitative estimate of drug-likeness (QED) is 0.546. The molecule has 0 amide bonds. The Morgan fingerprint density at radius 3 is 2.65 bits per heavy atom. The number of aryl methyl sites for hydroxylation is 1. The molecule has 1 aromatic heterocycles. The van der Waals surface area contributed by atoms with Crippen molar-refractivity contribution in [1.29, 1.82) is 0 Å². The highest BCUT2D eigenvalue weighted by Gasteiger charge is 2.03. The summed E-state index contributed by atoms with van der Waals surface area (Å²) in [5.41, 5.74) is 1.96. The second-order valence-electron chi connectivity index (χ2n) is 4.86. The summed E-state index contributed by atoms with van der Waals surface area (Å²) < 4.78 is 13.8. The molecule has 0 radical (unpaired) electrons. The van der Waals surface area contributed by atoms with E-state index in [0.717, 1.165) is 27.4 Å². The molecule has 2 aromatic carbocycles.